The molecule has 0 spiro atoms. The number of fused-ring (bicyclic) bond motifs is 1. The third-order valence-corrected chi connectivity index (χ3v) is 2.51. The van der Waals surface area contributed by atoms with Crippen molar-refractivity contribution in [2.45, 2.75) is 13.0 Å². The summed E-state index contributed by atoms with van der Waals surface area (Å²) in [5.41, 5.74) is 2.96. The fourth-order valence-electron chi connectivity index (χ4n) is 1.59. The molecule has 2 aromatic heterocycles. The van der Waals surface area contributed by atoms with Crippen LogP contribution < -0.4 is 0 Å². The zero-order chi connectivity index (χ0) is 9.54. The largest absolute Gasteiger partial charge is 0.377 e. The molecule has 0 aliphatic carbocycles. The molecule has 0 bridgehead atoms. The summed E-state index contributed by atoms with van der Waals surface area (Å²) in [6, 6.07) is 4.40. The highest BCUT2D eigenvalue weighted by atomic mass is 16.5. The first-order valence-electron chi connectivity index (χ1n) is 4.73. The summed E-state index contributed by atoms with van der Waals surface area (Å²) in [6.07, 6.45) is 2.00. The molecule has 0 aromatic carbocycles. The maximum absolute atomic E-state index is 5.13. The number of nitrogens with zero attached hydrogens (tertiary/aromatic N) is 3. The molecule has 1 aliphatic heterocycles. The SMILES string of the molecule is Cc1ccc2nn(C3COC3)cc2n1. The minimum absolute atomic E-state index is 0.407. The van der Waals surface area contributed by atoms with Crippen molar-refractivity contribution in [3.63, 3.8) is 0 Å². The van der Waals surface area contributed by atoms with Crippen LogP contribution in [0.5, 0.6) is 0 Å². The van der Waals surface area contributed by atoms with Crippen molar-refractivity contribution in [2.24, 2.45) is 0 Å². The number of pyridine rings is 1. The lowest BCUT2D eigenvalue weighted by Gasteiger charge is -2.25. The van der Waals surface area contributed by atoms with E-state index >= 15 is 0 Å². The molecule has 0 unspecified atom stereocenters. The van der Waals surface area contributed by atoms with E-state index < -0.39 is 0 Å². The Balaban J connectivity index is 2.10. The second-order valence-electron chi connectivity index (χ2n) is 3.66. The van der Waals surface area contributed by atoms with Gasteiger partial charge in [0, 0.05) is 5.69 Å². The summed E-state index contributed by atoms with van der Waals surface area (Å²) in [4.78, 5) is 4.41. The molecule has 0 saturated carbocycles. The summed E-state index contributed by atoms with van der Waals surface area (Å²) >= 11 is 0. The molecule has 4 heteroatoms. The van der Waals surface area contributed by atoms with Crippen LogP contribution in [0.25, 0.3) is 11.0 Å². The van der Waals surface area contributed by atoms with Crippen LogP contribution in [0.4, 0.5) is 0 Å². The molecule has 0 N–H and O–H groups in total. The van der Waals surface area contributed by atoms with Crippen LogP contribution >= 0.6 is 0 Å². The zero-order valence-electron chi connectivity index (χ0n) is 7.97. The number of aryl methyl sites for hydroxylation is 1. The van der Waals surface area contributed by atoms with Crippen molar-refractivity contribution in [3.8, 4) is 0 Å². The van der Waals surface area contributed by atoms with Gasteiger partial charge < -0.3 is 4.74 Å². The second-order valence-corrected chi connectivity index (χ2v) is 3.66. The summed E-state index contributed by atoms with van der Waals surface area (Å²) in [7, 11) is 0. The maximum atomic E-state index is 5.13. The first-order chi connectivity index (χ1) is 6.83. The molecule has 72 valence electrons. The smallest absolute Gasteiger partial charge is 0.111 e. The molecule has 0 amide bonds. The van der Waals surface area contributed by atoms with Gasteiger partial charge in [-0.15, -0.1) is 0 Å². The molecular formula is C10H11N3O. The molecule has 1 fully saturated rings. The lowest BCUT2D eigenvalue weighted by molar-refractivity contribution is -0.0283. The van der Waals surface area contributed by atoms with E-state index in [9.17, 15) is 0 Å². The molecule has 0 radical (unpaired) electrons. The van der Waals surface area contributed by atoms with Gasteiger partial charge in [0.15, 0.2) is 0 Å². The van der Waals surface area contributed by atoms with Gasteiger partial charge in [0.25, 0.3) is 0 Å². The first-order valence-corrected chi connectivity index (χ1v) is 4.73. The molecular weight excluding hydrogens is 178 g/mol. The van der Waals surface area contributed by atoms with Gasteiger partial charge in [0.05, 0.1) is 25.5 Å². The third kappa shape index (κ3) is 1.11. The van der Waals surface area contributed by atoms with Crippen molar-refractivity contribution in [3.05, 3.63) is 24.0 Å². The van der Waals surface area contributed by atoms with Crippen molar-refractivity contribution in [1.82, 2.24) is 14.8 Å². The highest BCUT2D eigenvalue weighted by Gasteiger charge is 2.21. The number of aromatic nitrogens is 3. The van der Waals surface area contributed by atoms with E-state index in [2.05, 4.69) is 10.1 Å². The molecule has 2 aromatic rings. The lowest BCUT2D eigenvalue weighted by atomic mass is 10.3. The summed E-state index contributed by atoms with van der Waals surface area (Å²) in [5, 5.41) is 4.45. The van der Waals surface area contributed by atoms with Gasteiger partial charge in [0.1, 0.15) is 11.0 Å². The quantitative estimate of drug-likeness (QED) is 0.679. The Kier molecular flexibility index (Phi) is 1.58. The van der Waals surface area contributed by atoms with E-state index in [1.54, 1.807) is 0 Å². The molecule has 1 aliphatic rings. The van der Waals surface area contributed by atoms with Crippen LogP contribution in [0.1, 0.15) is 11.7 Å². The molecule has 14 heavy (non-hydrogen) atoms. The van der Waals surface area contributed by atoms with E-state index in [4.69, 9.17) is 4.74 Å². The van der Waals surface area contributed by atoms with Crippen molar-refractivity contribution < 1.29 is 4.74 Å². The van der Waals surface area contributed by atoms with Crippen LogP contribution in [0.2, 0.25) is 0 Å². The predicted octanol–water partition coefficient (Wildman–Crippen LogP) is 1.31. The van der Waals surface area contributed by atoms with Crippen LogP contribution in [0, 0.1) is 6.92 Å². The minimum Gasteiger partial charge on any atom is -0.377 e. The molecule has 1 saturated heterocycles. The molecule has 4 nitrogen and oxygen atoms in total. The Labute approximate surface area is 81.5 Å². The van der Waals surface area contributed by atoms with Crippen LogP contribution in [0.3, 0.4) is 0 Å². The Hall–Kier alpha value is -1.42. The van der Waals surface area contributed by atoms with Gasteiger partial charge in [-0.2, -0.15) is 5.10 Å². The maximum Gasteiger partial charge on any atom is 0.111 e. The standard InChI is InChI=1S/C10H11N3O/c1-7-2-3-9-10(11-7)4-13(12-9)8-5-14-6-8/h2-4,8H,5-6H2,1H3. The number of hydrogen-bond acceptors (Lipinski definition) is 3. The fourth-order valence-corrected chi connectivity index (χ4v) is 1.59. The van der Waals surface area contributed by atoms with Gasteiger partial charge in [0.2, 0.25) is 0 Å². The van der Waals surface area contributed by atoms with E-state index in [0.717, 1.165) is 29.9 Å². The number of ether oxygens (including phenoxy) is 1. The summed E-state index contributed by atoms with van der Waals surface area (Å²) in [5.74, 6) is 0. The molecule has 0 atom stereocenters. The topological polar surface area (TPSA) is 39.9 Å². The van der Waals surface area contributed by atoms with Crippen LogP contribution in [-0.2, 0) is 4.74 Å². The molecule has 3 heterocycles. The summed E-state index contributed by atoms with van der Waals surface area (Å²) in [6.45, 7) is 3.53. The molecule has 3 rings (SSSR count). The lowest BCUT2D eigenvalue weighted by Crippen LogP contribution is -2.30. The van der Waals surface area contributed by atoms with Crippen molar-refractivity contribution in [2.75, 3.05) is 13.2 Å². The van der Waals surface area contributed by atoms with Gasteiger partial charge in [-0.25, -0.2) is 4.98 Å². The summed E-state index contributed by atoms with van der Waals surface area (Å²) < 4.78 is 7.09. The number of hydrogen-bond donors (Lipinski definition) is 0. The zero-order valence-corrected chi connectivity index (χ0v) is 7.97. The van der Waals surface area contributed by atoms with E-state index in [-0.39, 0.29) is 0 Å². The van der Waals surface area contributed by atoms with Crippen LogP contribution in [0.15, 0.2) is 18.3 Å². The third-order valence-electron chi connectivity index (χ3n) is 2.51. The van der Waals surface area contributed by atoms with Gasteiger partial charge in [-0.05, 0) is 19.1 Å². The van der Waals surface area contributed by atoms with Crippen molar-refractivity contribution >= 4 is 11.0 Å². The Bertz CT molecular complexity index is 473. The Morgan fingerprint density at radius 2 is 2.21 bits per heavy atom. The van der Waals surface area contributed by atoms with Gasteiger partial charge in [-0.3, -0.25) is 4.68 Å². The monoisotopic (exact) mass is 189 g/mol. The normalized spacial score (nSPS) is 17.2. The van der Waals surface area contributed by atoms with Gasteiger partial charge in [-0.1, -0.05) is 0 Å². The predicted molar refractivity (Wildman–Crippen MR) is 52.1 cm³/mol. The average Bonchev–Trinajstić information content (AvgIpc) is 2.43. The fraction of sp³-hybridized carbons (Fsp3) is 0.400. The highest BCUT2D eigenvalue weighted by Crippen LogP contribution is 2.19. The highest BCUT2D eigenvalue weighted by molar-refractivity contribution is 5.73. The Morgan fingerprint density at radius 1 is 1.36 bits per heavy atom. The van der Waals surface area contributed by atoms with E-state index in [1.165, 1.54) is 0 Å². The van der Waals surface area contributed by atoms with E-state index in [1.807, 2.05) is 29.9 Å². The number of rotatable bonds is 1. The van der Waals surface area contributed by atoms with Crippen molar-refractivity contribution in [1.29, 1.82) is 0 Å². The van der Waals surface area contributed by atoms with E-state index in [0.29, 0.717) is 6.04 Å². The second kappa shape index (κ2) is 2.78. The Morgan fingerprint density at radius 3 is 2.93 bits per heavy atom. The van der Waals surface area contributed by atoms with Gasteiger partial charge >= 0.3 is 0 Å². The average molecular weight is 189 g/mol. The first kappa shape index (κ1) is 7.94. The minimum atomic E-state index is 0.407. The van der Waals surface area contributed by atoms with Crippen LogP contribution in [-0.4, -0.2) is 28.0 Å².